The van der Waals surface area contributed by atoms with Gasteiger partial charge in [0.2, 0.25) is 0 Å². The molecule has 1 fully saturated rings. The van der Waals surface area contributed by atoms with E-state index in [4.69, 9.17) is 16.3 Å². The van der Waals surface area contributed by atoms with Crippen molar-refractivity contribution in [1.82, 2.24) is 0 Å². The number of allylic oxidation sites excluding steroid dienone is 3. The number of nitrogens with zero attached hydrogens (tertiary/aromatic N) is 2. The van der Waals surface area contributed by atoms with Crippen LogP contribution in [-0.4, -0.2) is 31.2 Å². The summed E-state index contributed by atoms with van der Waals surface area (Å²) in [7, 11) is 0. The van der Waals surface area contributed by atoms with E-state index in [1.54, 1.807) is 16.3 Å². The van der Waals surface area contributed by atoms with Crippen molar-refractivity contribution in [2.24, 2.45) is 5.92 Å². The van der Waals surface area contributed by atoms with Gasteiger partial charge >= 0.3 is 6.18 Å². The summed E-state index contributed by atoms with van der Waals surface area (Å²) in [6.45, 7) is 1.31. The molecule has 1 aromatic heterocycles. The van der Waals surface area contributed by atoms with Gasteiger partial charge in [-0.3, -0.25) is 4.79 Å². The summed E-state index contributed by atoms with van der Waals surface area (Å²) < 4.78 is 44.7. The van der Waals surface area contributed by atoms with Gasteiger partial charge < -0.3 is 14.5 Å². The first-order valence-electron chi connectivity index (χ1n) is 10.4. The van der Waals surface area contributed by atoms with E-state index in [9.17, 15) is 18.0 Å². The van der Waals surface area contributed by atoms with Gasteiger partial charge in [0.25, 0.3) is 5.91 Å². The first-order valence-corrected chi connectivity index (χ1v) is 11.7. The summed E-state index contributed by atoms with van der Waals surface area (Å²) >= 11 is 7.31. The fourth-order valence-electron chi connectivity index (χ4n) is 4.11. The fourth-order valence-corrected chi connectivity index (χ4v) is 5.14. The van der Waals surface area contributed by atoms with E-state index in [-0.39, 0.29) is 23.1 Å². The monoisotopic (exact) mass is 480 g/mol. The Kier molecular flexibility index (Phi) is 5.45. The normalized spacial score (nSPS) is 21.1. The molecule has 1 unspecified atom stereocenters. The molecule has 32 heavy (non-hydrogen) atoms. The predicted molar refractivity (Wildman–Crippen MR) is 120 cm³/mol. The number of anilines is 2. The average molecular weight is 481 g/mol. The highest BCUT2D eigenvalue weighted by molar-refractivity contribution is 7.12. The summed E-state index contributed by atoms with van der Waals surface area (Å²) in [6, 6.07) is 10.0. The van der Waals surface area contributed by atoms with Gasteiger partial charge in [-0.25, -0.2) is 0 Å². The van der Waals surface area contributed by atoms with E-state index in [1.165, 1.54) is 30.3 Å². The zero-order valence-electron chi connectivity index (χ0n) is 16.9. The van der Waals surface area contributed by atoms with Crippen LogP contribution in [0.1, 0.15) is 28.9 Å². The van der Waals surface area contributed by atoms with Crippen molar-refractivity contribution in [3.05, 3.63) is 63.5 Å². The lowest BCUT2D eigenvalue weighted by Gasteiger charge is -2.37. The SMILES string of the molecule is O=C(c1sccc1OC1=CCC(C(F)(F)F)C=C1Cl)N1CCN(C2CC2)c2ccccc21. The number of amides is 1. The Balaban J connectivity index is 1.37. The first-order chi connectivity index (χ1) is 15.3. The summed E-state index contributed by atoms with van der Waals surface area (Å²) in [5.74, 6) is -1.39. The lowest BCUT2D eigenvalue weighted by Crippen LogP contribution is -2.44. The number of alkyl halides is 3. The largest absolute Gasteiger partial charge is 0.454 e. The van der Waals surface area contributed by atoms with Gasteiger partial charge in [0, 0.05) is 19.1 Å². The van der Waals surface area contributed by atoms with Crippen molar-refractivity contribution < 1.29 is 22.7 Å². The summed E-state index contributed by atoms with van der Waals surface area (Å²) in [4.78, 5) is 18.0. The van der Waals surface area contributed by atoms with E-state index >= 15 is 0 Å². The lowest BCUT2D eigenvalue weighted by molar-refractivity contribution is -0.160. The molecular weight excluding hydrogens is 461 g/mol. The van der Waals surface area contributed by atoms with Crippen LogP contribution in [0.4, 0.5) is 24.5 Å². The van der Waals surface area contributed by atoms with Gasteiger partial charge in [-0.15, -0.1) is 11.3 Å². The Morgan fingerprint density at radius 2 is 1.88 bits per heavy atom. The third-order valence-corrected chi connectivity index (χ3v) is 7.08. The van der Waals surface area contributed by atoms with Crippen molar-refractivity contribution in [3.8, 4) is 5.75 Å². The topological polar surface area (TPSA) is 32.8 Å². The Bertz CT molecular complexity index is 1110. The number of hydrogen-bond acceptors (Lipinski definition) is 4. The maximum absolute atomic E-state index is 13.5. The number of carbonyl (C=O) groups excluding carboxylic acids is 1. The number of hydrogen-bond donors (Lipinski definition) is 0. The van der Waals surface area contributed by atoms with Crippen LogP contribution >= 0.6 is 22.9 Å². The highest BCUT2D eigenvalue weighted by Gasteiger charge is 2.40. The Hall–Kier alpha value is -2.45. The molecule has 168 valence electrons. The molecular formula is C23H20ClF3N2O2S. The summed E-state index contributed by atoms with van der Waals surface area (Å²) in [5, 5.41) is 1.63. The van der Waals surface area contributed by atoms with Crippen LogP contribution < -0.4 is 14.5 Å². The molecule has 3 aliphatic rings. The first kappa shape index (κ1) is 21.4. The number of benzene rings is 1. The van der Waals surface area contributed by atoms with Gasteiger partial charge in [-0.05, 0) is 55.0 Å². The zero-order chi connectivity index (χ0) is 22.5. The van der Waals surface area contributed by atoms with Crippen molar-refractivity contribution in [1.29, 1.82) is 0 Å². The number of thiophene rings is 1. The third kappa shape index (κ3) is 4.01. The number of rotatable bonds is 4. The van der Waals surface area contributed by atoms with E-state index in [0.717, 1.165) is 24.0 Å². The molecule has 9 heteroatoms. The van der Waals surface area contributed by atoms with Gasteiger partial charge in [0.05, 0.1) is 22.3 Å². The second-order valence-electron chi connectivity index (χ2n) is 8.05. The van der Waals surface area contributed by atoms with E-state index in [2.05, 4.69) is 4.90 Å². The molecule has 0 radical (unpaired) electrons. The molecule has 1 aliphatic heterocycles. The zero-order valence-corrected chi connectivity index (χ0v) is 18.5. The van der Waals surface area contributed by atoms with Crippen LogP contribution in [0.3, 0.4) is 0 Å². The van der Waals surface area contributed by atoms with Crippen LogP contribution in [0.15, 0.2) is 58.7 Å². The smallest absolute Gasteiger partial charge is 0.395 e. The fraction of sp³-hybridized carbons (Fsp3) is 0.348. The second-order valence-corrected chi connectivity index (χ2v) is 9.38. The number of para-hydroxylation sites is 2. The van der Waals surface area contributed by atoms with Crippen LogP contribution in [0.5, 0.6) is 5.75 Å². The standard InChI is InChI=1S/C23H20ClF3N2O2S/c24-16-13-14(23(25,26)27)5-8-19(16)31-20-9-12-32-21(20)22(30)29-11-10-28(15-6-7-15)17-3-1-2-4-18(17)29/h1-4,8-9,12-15H,5-7,10-11H2. The van der Waals surface area contributed by atoms with Gasteiger partial charge in [-0.1, -0.05) is 23.7 Å². The number of halogens is 4. The van der Waals surface area contributed by atoms with E-state index < -0.39 is 12.1 Å². The molecule has 1 amide bonds. The minimum atomic E-state index is -4.36. The lowest BCUT2D eigenvalue weighted by atomic mass is 9.99. The average Bonchev–Trinajstić information content (AvgIpc) is 3.51. The van der Waals surface area contributed by atoms with Crippen molar-refractivity contribution in [2.75, 3.05) is 22.9 Å². The van der Waals surface area contributed by atoms with Crippen molar-refractivity contribution in [3.63, 3.8) is 0 Å². The van der Waals surface area contributed by atoms with Crippen LogP contribution in [0.25, 0.3) is 0 Å². The van der Waals surface area contributed by atoms with Crippen molar-refractivity contribution >= 4 is 40.2 Å². The van der Waals surface area contributed by atoms with Gasteiger partial charge in [-0.2, -0.15) is 13.2 Å². The molecule has 4 nitrogen and oxygen atoms in total. The predicted octanol–water partition coefficient (Wildman–Crippen LogP) is 6.34. The maximum atomic E-state index is 13.5. The van der Waals surface area contributed by atoms with E-state index in [1.807, 2.05) is 24.3 Å². The van der Waals surface area contributed by atoms with Crippen molar-refractivity contribution in [2.45, 2.75) is 31.5 Å². The molecule has 5 rings (SSSR count). The Labute approximate surface area is 192 Å². The molecule has 0 spiro atoms. The molecule has 1 aromatic carbocycles. The molecule has 2 aromatic rings. The summed E-state index contributed by atoms with van der Waals surface area (Å²) in [5.41, 5.74) is 1.91. The molecule has 0 bridgehead atoms. The molecule has 0 saturated heterocycles. The third-order valence-electron chi connectivity index (χ3n) is 5.88. The highest BCUT2D eigenvalue weighted by Crippen LogP contribution is 2.42. The Morgan fingerprint density at radius 1 is 1.12 bits per heavy atom. The quantitative estimate of drug-likeness (QED) is 0.511. The number of ether oxygens (including phenoxy) is 1. The van der Waals surface area contributed by atoms with Crippen LogP contribution in [-0.2, 0) is 0 Å². The van der Waals surface area contributed by atoms with Crippen LogP contribution in [0.2, 0.25) is 0 Å². The number of carbonyl (C=O) groups is 1. The molecule has 1 atom stereocenters. The van der Waals surface area contributed by atoms with Gasteiger partial charge in [0.15, 0.2) is 5.75 Å². The Morgan fingerprint density at radius 3 is 2.56 bits per heavy atom. The highest BCUT2D eigenvalue weighted by atomic mass is 35.5. The molecule has 2 aliphatic carbocycles. The number of fused-ring (bicyclic) bond motifs is 1. The van der Waals surface area contributed by atoms with Crippen LogP contribution in [0, 0.1) is 5.92 Å². The second kappa shape index (κ2) is 8.15. The summed E-state index contributed by atoms with van der Waals surface area (Å²) in [6.07, 6.45) is 0.0163. The maximum Gasteiger partial charge on any atom is 0.395 e. The van der Waals surface area contributed by atoms with E-state index in [0.29, 0.717) is 23.2 Å². The minimum absolute atomic E-state index is 0.105. The molecule has 1 saturated carbocycles. The molecule has 2 heterocycles. The van der Waals surface area contributed by atoms with Gasteiger partial charge in [0.1, 0.15) is 10.6 Å². The molecule has 0 N–H and O–H groups in total. The minimum Gasteiger partial charge on any atom is -0.454 e.